The van der Waals surface area contributed by atoms with E-state index in [-0.39, 0.29) is 11.9 Å². The van der Waals surface area contributed by atoms with Crippen molar-refractivity contribution in [1.82, 2.24) is 25.4 Å². The summed E-state index contributed by atoms with van der Waals surface area (Å²) in [5, 5.41) is 14.7. The highest BCUT2D eigenvalue weighted by Crippen LogP contribution is 2.18. The molecule has 1 amide bonds. The number of nitrogens with zero attached hydrogens (tertiary/aromatic N) is 3. The molecule has 112 valence electrons. The third kappa shape index (κ3) is 3.79. The van der Waals surface area contributed by atoms with Crippen molar-refractivity contribution in [3.8, 4) is 0 Å². The van der Waals surface area contributed by atoms with Crippen molar-refractivity contribution in [3.63, 3.8) is 0 Å². The maximum atomic E-state index is 11.9. The molecular weight excluding hydrogens is 254 g/mol. The molecule has 0 aromatic carbocycles. The largest absolute Gasteiger partial charge is 0.346 e. The molecule has 1 unspecified atom stereocenters. The molecule has 0 aliphatic carbocycles. The molecule has 0 radical (unpaired) electrons. The Balaban J connectivity index is 1.76. The minimum absolute atomic E-state index is 0.0695. The molecule has 2 heterocycles. The summed E-state index contributed by atoms with van der Waals surface area (Å²) in [7, 11) is 0. The fraction of sp³-hybridized carbons (Fsp3) is 0.786. The van der Waals surface area contributed by atoms with Crippen molar-refractivity contribution < 1.29 is 4.79 Å². The maximum absolute atomic E-state index is 11.9. The Kier molecular flexibility index (Phi) is 5.11. The lowest BCUT2D eigenvalue weighted by molar-refractivity contribution is -0.121. The standard InChI is InChI=1S/C14H25N5O/c1-10(2)15-8-4-7-13(20)16-11(3)14-18-17-12-6-5-9-19(12)14/h10-11,15H,4-9H2,1-3H3,(H,16,20). The minimum Gasteiger partial charge on any atom is -0.346 e. The molecule has 0 spiro atoms. The van der Waals surface area contributed by atoms with E-state index in [0.717, 1.165) is 44.0 Å². The van der Waals surface area contributed by atoms with Crippen LogP contribution in [0.1, 0.15) is 57.7 Å². The predicted octanol–water partition coefficient (Wildman–Crippen LogP) is 1.18. The van der Waals surface area contributed by atoms with Crippen LogP contribution >= 0.6 is 0 Å². The zero-order chi connectivity index (χ0) is 14.5. The summed E-state index contributed by atoms with van der Waals surface area (Å²) in [6.45, 7) is 8.03. The second kappa shape index (κ2) is 6.83. The highest BCUT2D eigenvalue weighted by molar-refractivity contribution is 5.76. The van der Waals surface area contributed by atoms with Crippen LogP contribution in [0.2, 0.25) is 0 Å². The SMILES string of the molecule is CC(C)NCCCC(=O)NC(C)c1nnc2n1CCC2. The molecule has 1 aromatic rings. The maximum Gasteiger partial charge on any atom is 0.220 e. The number of nitrogens with one attached hydrogen (secondary N) is 2. The molecule has 2 N–H and O–H groups in total. The molecule has 1 aliphatic heterocycles. The van der Waals surface area contributed by atoms with Gasteiger partial charge in [0.15, 0.2) is 5.82 Å². The van der Waals surface area contributed by atoms with Crippen molar-refractivity contribution >= 4 is 5.91 Å². The average Bonchev–Trinajstić information content (AvgIpc) is 2.96. The van der Waals surface area contributed by atoms with Gasteiger partial charge in [0.1, 0.15) is 5.82 Å². The van der Waals surface area contributed by atoms with E-state index >= 15 is 0 Å². The number of carbonyl (C=O) groups is 1. The zero-order valence-electron chi connectivity index (χ0n) is 12.6. The summed E-state index contributed by atoms with van der Waals surface area (Å²) >= 11 is 0. The summed E-state index contributed by atoms with van der Waals surface area (Å²) in [5.41, 5.74) is 0. The Morgan fingerprint density at radius 2 is 2.15 bits per heavy atom. The second-order valence-electron chi connectivity index (χ2n) is 5.73. The third-order valence-corrected chi connectivity index (χ3v) is 3.54. The Hall–Kier alpha value is -1.43. The normalized spacial score (nSPS) is 15.4. The predicted molar refractivity (Wildman–Crippen MR) is 77.3 cm³/mol. The third-order valence-electron chi connectivity index (χ3n) is 3.54. The summed E-state index contributed by atoms with van der Waals surface area (Å²) < 4.78 is 2.13. The van der Waals surface area contributed by atoms with Crippen molar-refractivity contribution in [2.24, 2.45) is 0 Å². The van der Waals surface area contributed by atoms with Gasteiger partial charge >= 0.3 is 0 Å². The van der Waals surface area contributed by atoms with E-state index in [0.29, 0.717) is 12.5 Å². The molecule has 2 rings (SSSR count). The quantitative estimate of drug-likeness (QED) is 0.735. The van der Waals surface area contributed by atoms with Gasteiger partial charge < -0.3 is 15.2 Å². The fourth-order valence-corrected chi connectivity index (χ4v) is 2.51. The first-order valence-electron chi connectivity index (χ1n) is 7.52. The summed E-state index contributed by atoms with van der Waals surface area (Å²) in [5.74, 6) is 2.01. The van der Waals surface area contributed by atoms with E-state index < -0.39 is 0 Å². The number of rotatable bonds is 7. The van der Waals surface area contributed by atoms with Gasteiger partial charge in [0, 0.05) is 25.4 Å². The summed E-state index contributed by atoms with van der Waals surface area (Å²) in [6.07, 6.45) is 3.52. The summed E-state index contributed by atoms with van der Waals surface area (Å²) in [6, 6.07) is 0.399. The number of carbonyl (C=O) groups excluding carboxylic acids is 1. The van der Waals surface area contributed by atoms with E-state index in [1.807, 2.05) is 6.92 Å². The first kappa shape index (κ1) is 15.0. The number of hydrogen-bond donors (Lipinski definition) is 2. The van der Waals surface area contributed by atoms with E-state index in [2.05, 4.69) is 39.2 Å². The van der Waals surface area contributed by atoms with Crippen LogP contribution in [-0.4, -0.2) is 33.3 Å². The van der Waals surface area contributed by atoms with Gasteiger partial charge in [0.25, 0.3) is 0 Å². The Morgan fingerprint density at radius 3 is 2.90 bits per heavy atom. The molecule has 0 fully saturated rings. The van der Waals surface area contributed by atoms with Gasteiger partial charge in [-0.05, 0) is 26.3 Å². The van der Waals surface area contributed by atoms with Gasteiger partial charge in [-0.15, -0.1) is 10.2 Å². The average molecular weight is 279 g/mol. The second-order valence-corrected chi connectivity index (χ2v) is 5.73. The van der Waals surface area contributed by atoms with Gasteiger partial charge in [-0.25, -0.2) is 0 Å². The van der Waals surface area contributed by atoms with Crippen molar-refractivity contribution in [2.45, 2.75) is 65.1 Å². The fourth-order valence-electron chi connectivity index (χ4n) is 2.51. The van der Waals surface area contributed by atoms with E-state index in [4.69, 9.17) is 0 Å². The molecule has 1 aromatic heterocycles. The lowest BCUT2D eigenvalue weighted by atomic mass is 10.2. The summed E-state index contributed by atoms with van der Waals surface area (Å²) in [4.78, 5) is 11.9. The molecule has 1 atom stereocenters. The Morgan fingerprint density at radius 1 is 1.35 bits per heavy atom. The minimum atomic E-state index is -0.0695. The van der Waals surface area contributed by atoms with Gasteiger partial charge in [-0.2, -0.15) is 0 Å². The van der Waals surface area contributed by atoms with Gasteiger partial charge in [-0.3, -0.25) is 4.79 Å². The highest BCUT2D eigenvalue weighted by atomic mass is 16.1. The zero-order valence-corrected chi connectivity index (χ0v) is 12.6. The van der Waals surface area contributed by atoms with Crippen molar-refractivity contribution in [2.75, 3.05) is 6.54 Å². The van der Waals surface area contributed by atoms with Crippen molar-refractivity contribution in [3.05, 3.63) is 11.6 Å². The van der Waals surface area contributed by atoms with E-state index in [9.17, 15) is 4.79 Å². The molecule has 0 saturated carbocycles. The first-order chi connectivity index (χ1) is 9.58. The van der Waals surface area contributed by atoms with Crippen LogP contribution < -0.4 is 10.6 Å². The van der Waals surface area contributed by atoms with E-state index in [1.54, 1.807) is 0 Å². The lowest BCUT2D eigenvalue weighted by Crippen LogP contribution is -2.30. The first-order valence-corrected chi connectivity index (χ1v) is 7.52. The Bertz CT molecular complexity index is 454. The molecule has 6 heteroatoms. The molecular formula is C14H25N5O. The van der Waals surface area contributed by atoms with Crippen LogP contribution in [0.4, 0.5) is 0 Å². The van der Waals surface area contributed by atoms with Crippen LogP contribution in [-0.2, 0) is 17.8 Å². The van der Waals surface area contributed by atoms with Crippen molar-refractivity contribution in [1.29, 1.82) is 0 Å². The molecule has 6 nitrogen and oxygen atoms in total. The topological polar surface area (TPSA) is 71.8 Å². The number of aryl methyl sites for hydroxylation is 1. The van der Waals surface area contributed by atoms with Crippen LogP contribution in [0.25, 0.3) is 0 Å². The van der Waals surface area contributed by atoms with Crippen LogP contribution in [0, 0.1) is 0 Å². The highest BCUT2D eigenvalue weighted by Gasteiger charge is 2.22. The molecule has 0 bridgehead atoms. The van der Waals surface area contributed by atoms with Crippen LogP contribution in [0.15, 0.2) is 0 Å². The Labute approximate surface area is 120 Å². The van der Waals surface area contributed by atoms with Crippen LogP contribution in [0.3, 0.4) is 0 Å². The number of amides is 1. The molecule has 1 aliphatic rings. The number of aromatic nitrogens is 3. The van der Waals surface area contributed by atoms with Gasteiger partial charge in [-0.1, -0.05) is 13.8 Å². The number of fused-ring (bicyclic) bond motifs is 1. The monoisotopic (exact) mass is 279 g/mol. The lowest BCUT2D eigenvalue weighted by Gasteiger charge is -2.14. The van der Waals surface area contributed by atoms with Gasteiger partial charge in [0.05, 0.1) is 6.04 Å². The van der Waals surface area contributed by atoms with Crippen LogP contribution in [0.5, 0.6) is 0 Å². The smallest absolute Gasteiger partial charge is 0.220 e. The van der Waals surface area contributed by atoms with Gasteiger partial charge in [0.2, 0.25) is 5.91 Å². The number of hydrogen-bond acceptors (Lipinski definition) is 4. The van der Waals surface area contributed by atoms with E-state index in [1.165, 1.54) is 0 Å². The molecule has 0 saturated heterocycles. The molecule has 20 heavy (non-hydrogen) atoms.